The van der Waals surface area contributed by atoms with Crippen LogP contribution in [0.5, 0.6) is 0 Å². The maximum atomic E-state index is 3.52. The Morgan fingerprint density at radius 1 is 1.27 bits per heavy atom. The minimum absolute atomic E-state index is 0.402. The van der Waals surface area contributed by atoms with Gasteiger partial charge in [0.1, 0.15) is 0 Å². The summed E-state index contributed by atoms with van der Waals surface area (Å²) >= 11 is 0. The fourth-order valence-electron chi connectivity index (χ4n) is 2.43. The van der Waals surface area contributed by atoms with E-state index in [0.29, 0.717) is 11.5 Å². The van der Waals surface area contributed by atoms with Crippen LogP contribution in [0, 0.1) is 5.41 Å². The minimum atomic E-state index is 0.402. The maximum absolute atomic E-state index is 3.52. The molecular weight excluding hydrogens is 184 g/mol. The quantitative estimate of drug-likeness (QED) is 0.720. The molecule has 0 spiro atoms. The normalized spacial score (nSPS) is 24.4. The Labute approximate surface area is 95.4 Å². The SMILES string of the molecule is CCCCCN1CCNCC1C(C)(C)C. The van der Waals surface area contributed by atoms with Crippen molar-refractivity contribution in [1.29, 1.82) is 0 Å². The van der Waals surface area contributed by atoms with Crippen molar-refractivity contribution in [3.8, 4) is 0 Å². The molecule has 90 valence electrons. The van der Waals surface area contributed by atoms with E-state index in [9.17, 15) is 0 Å². The van der Waals surface area contributed by atoms with Crippen molar-refractivity contribution >= 4 is 0 Å². The largest absolute Gasteiger partial charge is 0.314 e. The molecular formula is C13H28N2. The van der Waals surface area contributed by atoms with Gasteiger partial charge < -0.3 is 5.32 Å². The Morgan fingerprint density at radius 2 is 2.00 bits per heavy atom. The molecule has 1 unspecified atom stereocenters. The van der Waals surface area contributed by atoms with Crippen LogP contribution in [0.1, 0.15) is 47.0 Å². The molecule has 0 amide bonds. The molecule has 0 saturated carbocycles. The van der Waals surface area contributed by atoms with Crippen molar-refractivity contribution in [3.05, 3.63) is 0 Å². The van der Waals surface area contributed by atoms with E-state index < -0.39 is 0 Å². The van der Waals surface area contributed by atoms with E-state index >= 15 is 0 Å². The Hall–Kier alpha value is -0.0800. The summed E-state index contributed by atoms with van der Waals surface area (Å²) in [5.74, 6) is 0. The Balaban J connectivity index is 2.43. The highest BCUT2D eigenvalue weighted by Gasteiger charge is 2.31. The Bertz CT molecular complexity index is 172. The van der Waals surface area contributed by atoms with Gasteiger partial charge in [0.05, 0.1) is 0 Å². The molecule has 1 saturated heterocycles. The zero-order chi connectivity index (χ0) is 11.3. The minimum Gasteiger partial charge on any atom is -0.314 e. The van der Waals surface area contributed by atoms with Crippen LogP contribution in [-0.2, 0) is 0 Å². The molecule has 0 aliphatic carbocycles. The topological polar surface area (TPSA) is 15.3 Å². The van der Waals surface area contributed by atoms with Gasteiger partial charge in [-0.25, -0.2) is 0 Å². The number of nitrogens with zero attached hydrogens (tertiary/aromatic N) is 1. The summed E-state index contributed by atoms with van der Waals surface area (Å²) in [5, 5.41) is 3.52. The van der Waals surface area contributed by atoms with E-state index in [2.05, 4.69) is 37.9 Å². The standard InChI is InChI=1S/C13H28N2/c1-5-6-7-9-15-10-8-14-11-12(15)13(2,3)4/h12,14H,5-11H2,1-4H3. The van der Waals surface area contributed by atoms with Gasteiger partial charge in [-0.15, -0.1) is 0 Å². The summed E-state index contributed by atoms with van der Waals surface area (Å²) in [4.78, 5) is 2.69. The molecule has 1 rings (SSSR count). The Kier molecular flexibility index (Phi) is 5.07. The van der Waals surface area contributed by atoms with E-state index in [1.165, 1.54) is 38.9 Å². The summed E-state index contributed by atoms with van der Waals surface area (Å²) in [5.41, 5.74) is 0.402. The molecule has 1 aliphatic heterocycles. The number of hydrogen-bond donors (Lipinski definition) is 1. The summed E-state index contributed by atoms with van der Waals surface area (Å²) in [6.07, 6.45) is 4.07. The third-order valence-electron chi connectivity index (χ3n) is 3.40. The molecule has 1 heterocycles. The molecule has 2 heteroatoms. The second-order valence-corrected chi connectivity index (χ2v) is 5.83. The number of rotatable bonds is 4. The first kappa shape index (κ1) is 13.0. The fraction of sp³-hybridized carbons (Fsp3) is 1.00. The molecule has 0 aromatic carbocycles. The van der Waals surface area contributed by atoms with Gasteiger partial charge in [-0.2, -0.15) is 0 Å². The number of hydrogen-bond acceptors (Lipinski definition) is 2. The molecule has 1 N–H and O–H groups in total. The first-order chi connectivity index (χ1) is 7.05. The van der Waals surface area contributed by atoms with Crippen LogP contribution in [0.4, 0.5) is 0 Å². The predicted molar refractivity (Wildman–Crippen MR) is 67.2 cm³/mol. The third-order valence-corrected chi connectivity index (χ3v) is 3.40. The van der Waals surface area contributed by atoms with Gasteiger partial charge in [-0.05, 0) is 18.4 Å². The lowest BCUT2D eigenvalue weighted by Crippen LogP contribution is -2.56. The average molecular weight is 212 g/mol. The first-order valence-electron chi connectivity index (χ1n) is 6.50. The van der Waals surface area contributed by atoms with E-state index in [4.69, 9.17) is 0 Å². The highest BCUT2D eigenvalue weighted by Crippen LogP contribution is 2.25. The van der Waals surface area contributed by atoms with E-state index in [1.54, 1.807) is 0 Å². The Morgan fingerprint density at radius 3 is 2.60 bits per heavy atom. The third kappa shape index (κ3) is 4.12. The van der Waals surface area contributed by atoms with E-state index in [0.717, 1.165) is 6.54 Å². The molecule has 0 radical (unpaired) electrons. The van der Waals surface area contributed by atoms with Gasteiger partial charge in [0.15, 0.2) is 0 Å². The van der Waals surface area contributed by atoms with Crippen molar-refractivity contribution in [2.45, 2.75) is 53.0 Å². The lowest BCUT2D eigenvalue weighted by atomic mass is 9.84. The van der Waals surface area contributed by atoms with Crippen molar-refractivity contribution in [2.24, 2.45) is 5.41 Å². The molecule has 0 aromatic rings. The predicted octanol–water partition coefficient (Wildman–Crippen LogP) is 2.50. The molecule has 1 aliphatic rings. The summed E-state index contributed by atoms with van der Waals surface area (Å²) in [6.45, 7) is 14.2. The molecule has 1 atom stereocenters. The van der Waals surface area contributed by atoms with Crippen molar-refractivity contribution in [3.63, 3.8) is 0 Å². The van der Waals surface area contributed by atoms with Gasteiger partial charge in [0, 0.05) is 25.7 Å². The highest BCUT2D eigenvalue weighted by molar-refractivity contribution is 4.88. The van der Waals surface area contributed by atoms with Crippen LogP contribution in [0.25, 0.3) is 0 Å². The average Bonchev–Trinajstić information content (AvgIpc) is 2.17. The van der Waals surface area contributed by atoms with Crippen LogP contribution in [0.3, 0.4) is 0 Å². The number of nitrogens with one attached hydrogen (secondary N) is 1. The van der Waals surface area contributed by atoms with Crippen molar-refractivity contribution in [1.82, 2.24) is 10.2 Å². The monoisotopic (exact) mass is 212 g/mol. The van der Waals surface area contributed by atoms with Crippen LogP contribution in [-0.4, -0.2) is 37.1 Å². The van der Waals surface area contributed by atoms with Crippen LogP contribution < -0.4 is 5.32 Å². The van der Waals surface area contributed by atoms with E-state index in [-0.39, 0.29) is 0 Å². The van der Waals surface area contributed by atoms with Gasteiger partial charge in [0.2, 0.25) is 0 Å². The lowest BCUT2D eigenvalue weighted by molar-refractivity contribution is 0.0740. The van der Waals surface area contributed by atoms with Gasteiger partial charge in [-0.3, -0.25) is 4.90 Å². The summed E-state index contributed by atoms with van der Waals surface area (Å²) in [6, 6.07) is 0.711. The van der Waals surface area contributed by atoms with Gasteiger partial charge in [0.25, 0.3) is 0 Å². The van der Waals surface area contributed by atoms with Gasteiger partial charge in [-0.1, -0.05) is 40.5 Å². The fourth-order valence-corrected chi connectivity index (χ4v) is 2.43. The molecule has 0 aromatic heterocycles. The second kappa shape index (κ2) is 5.86. The van der Waals surface area contributed by atoms with Crippen molar-refractivity contribution in [2.75, 3.05) is 26.2 Å². The second-order valence-electron chi connectivity index (χ2n) is 5.83. The zero-order valence-corrected chi connectivity index (χ0v) is 11.0. The highest BCUT2D eigenvalue weighted by atomic mass is 15.2. The summed E-state index contributed by atoms with van der Waals surface area (Å²) in [7, 11) is 0. The molecule has 2 nitrogen and oxygen atoms in total. The summed E-state index contributed by atoms with van der Waals surface area (Å²) < 4.78 is 0. The van der Waals surface area contributed by atoms with E-state index in [1.807, 2.05) is 0 Å². The number of unbranched alkanes of at least 4 members (excludes halogenated alkanes) is 2. The van der Waals surface area contributed by atoms with Crippen LogP contribution in [0.15, 0.2) is 0 Å². The van der Waals surface area contributed by atoms with Gasteiger partial charge >= 0.3 is 0 Å². The molecule has 0 bridgehead atoms. The molecule has 15 heavy (non-hydrogen) atoms. The molecule has 1 fully saturated rings. The van der Waals surface area contributed by atoms with Crippen LogP contribution in [0.2, 0.25) is 0 Å². The van der Waals surface area contributed by atoms with Crippen LogP contribution >= 0.6 is 0 Å². The zero-order valence-electron chi connectivity index (χ0n) is 11.0. The smallest absolute Gasteiger partial charge is 0.0269 e. The maximum Gasteiger partial charge on any atom is 0.0269 e. The van der Waals surface area contributed by atoms with Crippen molar-refractivity contribution < 1.29 is 0 Å². The first-order valence-corrected chi connectivity index (χ1v) is 6.50. The lowest BCUT2D eigenvalue weighted by Gasteiger charge is -2.43. The number of piperazine rings is 1.